The molecule has 0 aliphatic carbocycles. The van der Waals surface area contributed by atoms with Crippen LogP contribution in [0.4, 0.5) is 5.69 Å². The third-order valence-electron chi connectivity index (χ3n) is 1.92. The monoisotopic (exact) mass is 245 g/mol. The molecule has 0 atom stereocenters. The second-order valence-electron chi connectivity index (χ2n) is 3.02. The lowest BCUT2D eigenvalue weighted by Crippen LogP contribution is -2.16. The van der Waals surface area contributed by atoms with Crippen LogP contribution in [-0.4, -0.2) is 19.4 Å². The number of amidine groups is 1. The summed E-state index contributed by atoms with van der Waals surface area (Å²) in [7, 11) is 1.68. The van der Waals surface area contributed by atoms with Crippen LogP contribution in [0.2, 0.25) is 10.0 Å². The van der Waals surface area contributed by atoms with Gasteiger partial charge in [-0.15, -0.1) is 0 Å². The van der Waals surface area contributed by atoms with E-state index in [0.717, 1.165) is 12.2 Å². The molecule has 5 heteroatoms. The molecule has 1 aromatic rings. The first kappa shape index (κ1) is 12.1. The van der Waals surface area contributed by atoms with Crippen molar-refractivity contribution in [2.24, 2.45) is 10.7 Å². The number of hydrogen-bond acceptors (Lipinski definition) is 2. The summed E-state index contributed by atoms with van der Waals surface area (Å²) in [6.45, 7) is 0.723. The standard InChI is InChI=1S/C10H13Cl2N3/c1-14-10(13)4-5-15-7-2-3-8(11)9(12)6-7/h2-3,6,15H,4-5H2,1H3,(H2,13,14). The van der Waals surface area contributed by atoms with Gasteiger partial charge in [-0.2, -0.15) is 0 Å². The van der Waals surface area contributed by atoms with Gasteiger partial charge in [0.25, 0.3) is 0 Å². The van der Waals surface area contributed by atoms with E-state index in [1.165, 1.54) is 0 Å². The summed E-state index contributed by atoms with van der Waals surface area (Å²) in [5.74, 6) is 0.627. The van der Waals surface area contributed by atoms with Crippen LogP contribution in [-0.2, 0) is 0 Å². The van der Waals surface area contributed by atoms with Crippen LogP contribution in [0.5, 0.6) is 0 Å². The minimum atomic E-state index is 0.541. The van der Waals surface area contributed by atoms with Crippen molar-refractivity contribution in [1.29, 1.82) is 0 Å². The molecule has 0 bridgehead atoms. The maximum Gasteiger partial charge on any atom is 0.0951 e. The highest BCUT2D eigenvalue weighted by molar-refractivity contribution is 6.42. The van der Waals surface area contributed by atoms with E-state index in [0.29, 0.717) is 22.3 Å². The SMILES string of the molecule is CN=C(N)CCNc1ccc(Cl)c(Cl)c1. The number of nitrogens with zero attached hydrogens (tertiary/aromatic N) is 1. The normalized spacial score (nSPS) is 11.5. The molecule has 0 saturated carbocycles. The Labute approximate surface area is 99.3 Å². The third kappa shape index (κ3) is 3.98. The van der Waals surface area contributed by atoms with Crippen molar-refractivity contribution in [3.8, 4) is 0 Å². The zero-order valence-corrected chi connectivity index (χ0v) is 9.94. The Balaban J connectivity index is 2.48. The number of benzene rings is 1. The van der Waals surface area contributed by atoms with E-state index in [1.807, 2.05) is 6.07 Å². The summed E-state index contributed by atoms with van der Waals surface area (Å²) in [5, 5.41) is 4.27. The van der Waals surface area contributed by atoms with Gasteiger partial charge in [-0.05, 0) is 18.2 Å². The molecular formula is C10H13Cl2N3. The Morgan fingerprint density at radius 2 is 2.13 bits per heavy atom. The van der Waals surface area contributed by atoms with E-state index in [2.05, 4.69) is 10.3 Å². The molecule has 0 aliphatic rings. The van der Waals surface area contributed by atoms with Crippen molar-refractivity contribution < 1.29 is 0 Å². The van der Waals surface area contributed by atoms with Crippen molar-refractivity contribution in [3.63, 3.8) is 0 Å². The highest BCUT2D eigenvalue weighted by Gasteiger charge is 1.99. The average Bonchev–Trinajstić information content (AvgIpc) is 2.23. The molecule has 0 aromatic heterocycles. The summed E-state index contributed by atoms with van der Waals surface area (Å²) >= 11 is 11.7. The van der Waals surface area contributed by atoms with E-state index in [-0.39, 0.29) is 0 Å². The van der Waals surface area contributed by atoms with E-state index < -0.39 is 0 Å². The van der Waals surface area contributed by atoms with Gasteiger partial charge in [0.05, 0.1) is 15.9 Å². The van der Waals surface area contributed by atoms with E-state index in [9.17, 15) is 0 Å². The van der Waals surface area contributed by atoms with Crippen LogP contribution in [0.15, 0.2) is 23.2 Å². The fourth-order valence-electron chi connectivity index (χ4n) is 1.05. The van der Waals surface area contributed by atoms with Gasteiger partial charge in [-0.25, -0.2) is 0 Å². The predicted molar refractivity (Wildman–Crippen MR) is 67.1 cm³/mol. The van der Waals surface area contributed by atoms with Crippen molar-refractivity contribution in [1.82, 2.24) is 0 Å². The molecule has 82 valence electrons. The van der Waals surface area contributed by atoms with Crippen LogP contribution in [0.3, 0.4) is 0 Å². The largest absolute Gasteiger partial charge is 0.387 e. The van der Waals surface area contributed by atoms with Crippen molar-refractivity contribution in [2.45, 2.75) is 6.42 Å². The Morgan fingerprint density at radius 3 is 2.73 bits per heavy atom. The molecule has 1 aromatic carbocycles. The number of nitrogens with one attached hydrogen (secondary N) is 1. The molecule has 0 aliphatic heterocycles. The molecule has 0 unspecified atom stereocenters. The number of rotatable bonds is 4. The fourth-order valence-corrected chi connectivity index (χ4v) is 1.35. The maximum absolute atomic E-state index is 5.86. The number of aliphatic imine (C=N–C) groups is 1. The highest BCUT2D eigenvalue weighted by Crippen LogP contribution is 2.24. The average molecular weight is 246 g/mol. The summed E-state index contributed by atoms with van der Waals surface area (Å²) in [6.07, 6.45) is 0.705. The first-order valence-electron chi connectivity index (χ1n) is 4.53. The minimum Gasteiger partial charge on any atom is -0.387 e. The minimum absolute atomic E-state index is 0.541. The van der Waals surface area contributed by atoms with Gasteiger partial charge in [-0.1, -0.05) is 23.2 Å². The Hall–Kier alpha value is -0.930. The Kier molecular flexibility index (Phi) is 4.72. The zero-order chi connectivity index (χ0) is 11.3. The van der Waals surface area contributed by atoms with Gasteiger partial charge in [-0.3, -0.25) is 4.99 Å². The predicted octanol–water partition coefficient (Wildman–Crippen LogP) is 2.78. The summed E-state index contributed by atoms with van der Waals surface area (Å²) in [4.78, 5) is 3.86. The van der Waals surface area contributed by atoms with Gasteiger partial charge in [0.2, 0.25) is 0 Å². The molecule has 3 N–H and O–H groups in total. The molecule has 0 radical (unpaired) electrons. The Bertz CT molecular complexity index is 364. The second-order valence-corrected chi connectivity index (χ2v) is 3.84. The first-order valence-corrected chi connectivity index (χ1v) is 5.29. The molecule has 3 nitrogen and oxygen atoms in total. The molecule has 0 amide bonds. The molecule has 0 spiro atoms. The number of anilines is 1. The summed E-state index contributed by atoms with van der Waals surface area (Å²) in [5.41, 5.74) is 6.48. The topological polar surface area (TPSA) is 50.4 Å². The summed E-state index contributed by atoms with van der Waals surface area (Å²) in [6, 6.07) is 5.40. The third-order valence-corrected chi connectivity index (χ3v) is 2.66. The van der Waals surface area contributed by atoms with Gasteiger partial charge in [0.1, 0.15) is 0 Å². The maximum atomic E-state index is 5.86. The quantitative estimate of drug-likeness (QED) is 0.634. The van der Waals surface area contributed by atoms with Crippen LogP contribution >= 0.6 is 23.2 Å². The lowest BCUT2D eigenvalue weighted by molar-refractivity contribution is 1.08. The van der Waals surface area contributed by atoms with Crippen LogP contribution < -0.4 is 11.1 Å². The van der Waals surface area contributed by atoms with E-state index in [1.54, 1.807) is 19.2 Å². The lowest BCUT2D eigenvalue weighted by Gasteiger charge is -2.06. The van der Waals surface area contributed by atoms with E-state index in [4.69, 9.17) is 28.9 Å². The lowest BCUT2D eigenvalue weighted by atomic mass is 10.3. The number of hydrogen-bond donors (Lipinski definition) is 2. The van der Waals surface area contributed by atoms with E-state index >= 15 is 0 Å². The number of nitrogens with two attached hydrogens (primary N) is 1. The van der Waals surface area contributed by atoms with Crippen molar-refractivity contribution in [2.75, 3.05) is 18.9 Å². The molecule has 0 saturated heterocycles. The Morgan fingerprint density at radius 1 is 1.40 bits per heavy atom. The van der Waals surface area contributed by atoms with Gasteiger partial charge in [0, 0.05) is 25.7 Å². The second kappa shape index (κ2) is 5.83. The first-order chi connectivity index (χ1) is 7.13. The van der Waals surface area contributed by atoms with Gasteiger partial charge in [0.15, 0.2) is 0 Å². The van der Waals surface area contributed by atoms with Crippen molar-refractivity contribution in [3.05, 3.63) is 28.2 Å². The van der Waals surface area contributed by atoms with Gasteiger partial charge < -0.3 is 11.1 Å². The molecule has 15 heavy (non-hydrogen) atoms. The fraction of sp³-hybridized carbons (Fsp3) is 0.300. The van der Waals surface area contributed by atoms with Crippen LogP contribution in [0, 0.1) is 0 Å². The number of halogens is 2. The zero-order valence-electron chi connectivity index (χ0n) is 8.43. The smallest absolute Gasteiger partial charge is 0.0951 e. The van der Waals surface area contributed by atoms with Gasteiger partial charge >= 0.3 is 0 Å². The molecule has 1 rings (SSSR count). The van der Waals surface area contributed by atoms with Crippen LogP contribution in [0.1, 0.15) is 6.42 Å². The molecule has 0 fully saturated rings. The highest BCUT2D eigenvalue weighted by atomic mass is 35.5. The summed E-state index contributed by atoms with van der Waals surface area (Å²) < 4.78 is 0. The van der Waals surface area contributed by atoms with Crippen LogP contribution in [0.25, 0.3) is 0 Å². The molecule has 0 heterocycles. The van der Waals surface area contributed by atoms with Crippen molar-refractivity contribution >= 4 is 34.7 Å². The molecular weight excluding hydrogens is 233 g/mol.